The Bertz CT molecular complexity index is 761. The third-order valence-corrected chi connectivity index (χ3v) is 5.22. The number of amides is 1. The predicted molar refractivity (Wildman–Crippen MR) is 108 cm³/mol. The molecule has 0 heterocycles. The maximum atomic E-state index is 12.4. The minimum Gasteiger partial charge on any atom is -0.326 e. The first-order valence-corrected chi connectivity index (χ1v) is 9.17. The molecule has 0 saturated heterocycles. The summed E-state index contributed by atoms with van der Waals surface area (Å²) in [7, 11) is 0. The summed E-state index contributed by atoms with van der Waals surface area (Å²) in [4.78, 5) is 12.4. The van der Waals surface area contributed by atoms with Crippen LogP contribution in [0.3, 0.4) is 0 Å². The van der Waals surface area contributed by atoms with Gasteiger partial charge in [-0.05, 0) is 61.1 Å². The SMILES string of the molecule is Cl.NCc1cc([C@@H]2C[C@H]2NCC2CC2)ccc1NC(=O)c1ccccc1. The van der Waals surface area contributed by atoms with Crippen LogP contribution in [0.25, 0.3) is 0 Å². The van der Waals surface area contributed by atoms with E-state index in [4.69, 9.17) is 5.73 Å². The monoisotopic (exact) mass is 371 g/mol. The zero-order chi connectivity index (χ0) is 17.2. The Labute approximate surface area is 161 Å². The van der Waals surface area contributed by atoms with Crippen LogP contribution >= 0.6 is 12.4 Å². The molecule has 4 N–H and O–H groups in total. The lowest BCUT2D eigenvalue weighted by atomic mass is 10.0. The Morgan fingerprint density at radius 2 is 1.88 bits per heavy atom. The van der Waals surface area contributed by atoms with Gasteiger partial charge in [0.25, 0.3) is 5.91 Å². The van der Waals surface area contributed by atoms with Crippen molar-refractivity contribution in [3.05, 3.63) is 65.2 Å². The predicted octanol–water partition coefficient (Wildman–Crippen LogP) is 3.67. The Balaban J connectivity index is 0.00000196. The highest BCUT2D eigenvalue weighted by Crippen LogP contribution is 2.42. The van der Waals surface area contributed by atoms with Crippen LogP contribution in [0, 0.1) is 5.92 Å². The number of halogens is 1. The Kier molecular flexibility index (Phi) is 5.97. The first kappa shape index (κ1) is 18.9. The van der Waals surface area contributed by atoms with Crippen LogP contribution in [-0.2, 0) is 6.54 Å². The van der Waals surface area contributed by atoms with Crippen molar-refractivity contribution in [2.24, 2.45) is 11.7 Å². The molecule has 0 aliphatic heterocycles. The Morgan fingerprint density at radius 1 is 1.12 bits per heavy atom. The van der Waals surface area contributed by atoms with Crippen molar-refractivity contribution in [1.82, 2.24) is 5.32 Å². The van der Waals surface area contributed by atoms with E-state index in [1.165, 1.54) is 24.8 Å². The highest BCUT2D eigenvalue weighted by atomic mass is 35.5. The van der Waals surface area contributed by atoms with Crippen molar-refractivity contribution in [2.45, 2.75) is 37.8 Å². The highest BCUT2D eigenvalue weighted by molar-refractivity contribution is 6.04. The molecule has 1 amide bonds. The van der Waals surface area contributed by atoms with Gasteiger partial charge in [0.15, 0.2) is 0 Å². The number of benzene rings is 2. The van der Waals surface area contributed by atoms with Gasteiger partial charge >= 0.3 is 0 Å². The molecule has 4 rings (SSSR count). The number of carbonyl (C=O) groups is 1. The first-order chi connectivity index (χ1) is 12.2. The molecule has 138 valence electrons. The Hall–Kier alpha value is -1.88. The third-order valence-electron chi connectivity index (χ3n) is 5.22. The van der Waals surface area contributed by atoms with Gasteiger partial charge in [0.05, 0.1) is 0 Å². The summed E-state index contributed by atoms with van der Waals surface area (Å²) in [5.41, 5.74) is 9.71. The second-order valence-electron chi connectivity index (χ2n) is 7.24. The maximum Gasteiger partial charge on any atom is 0.255 e. The first-order valence-electron chi connectivity index (χ1n) is 9.17. The molecule has 2 atom stereocenters. The van der Waals surface area contributed by atoms with Gasteiger partial charge in [0, 0.05) is 29.8 Å². The number of hydrogen-bond acceptors (Lipinski definition) is 3. The third kappa shape index (κ3) is 4.44. The number of carbonyl (C=O) groups excluding carboxylic acids is 1. The van der Waals surface area contributed by atoms with E-state index in [1.807, 2.05) is 36.4 Å². The van der Waals surface area contributed by atoms with E-state index < -0.39 is 0 Å². The van der Waals surface area contributed by atoms with Crippen molar-refractivity contribution in [2.75, 3.05) is 11.9 Å². The summed E-state index contributed by atoms with van der Waals surface area (Å²) in [5, 5.41) is 6.66. The van der Waals surface area contributed by atoms with Crippen molar-refractivity contribution in [3.8, 4) is 0 Å². The number of anilines is 1. The van der Waals surface area contributed by atoms with Gasteiger partial charge in [-0.15, -0.1) is 12.4 Å². The van der Waals surface area contributed by atoms with E-state index in [-0.39, 0.29) is 18.3 Å². The fourth-order valence-corrected chi connectivity index (χ4v) is 3.35. The Morgan fingerprint density at radius 3 is 2.58 bits per heavy atom. The van der Waals surface area contributed by atoms with Crippen LogP contribution in [0.15, 0.2) is 48.5 Å². The van der Waals surface area contributed by atoms with E-state index in [0.717, 1.165) is 23.7 Å². The van der Waals surface area contributed by atoms with Gasteiger partial charge in [-0.3, -0.25) is 4.79 Å². The number of nitrogens with one attached hydrogen (secondary N) is 2. The summed E-state index contributed by atoms with van der Waals surface area (Å²) in [6.07, 6.45) is 3.97. The van der Waals surface area contributed by atoms with Crippen molar-refractivity contribution >= 4 is 24.0 Å². The van der Waals surface area contributed by atoms with Gasteiger partial charge in [-0.25, -0.2) is 0 Å². The molecule has 0 unspecified atom stereocenters. The van der Waals surface area contributed by atoms with Crippen LogP contribution in [0.2, 0.25) is 0 Å². The summed E-state index contributed by atoms with van der Waals surface area (Å²) >= 11 is 0. The molecule has 0 bridgehead atoms. The molecule has 4 nitrogen and oxygen atoms in total. The van der Waals surface area contributed by atoms with Crippen molar-refractivity contribution in [3.63, 3.8) is 0 Å². The van der Waals surface area contributed by atoms with Crippen LogP contribution in [0.1, 0.15) is 46.7 Å². The number of nitrogens with two attached hydrogens (primary N) is 1. The van der Waals surface area contributed by atoms with Crippen LogP contribution in [0.5, 0.6) is 0 Å². The van der Waals surface area contributed by atoms with E-state index >= 15 is 0 Å². The summed E-state index contributed by atoms with van der Waals surface area (Å²) in [6, 6.07) is 16.1. The molecule has 0 spiro atoms. The van der Waals surface area contributed by atoms with E-state index in [1.54, 1.807) is 0 Å². The number of rotatable bonds is 7. The minimum absolute atomic E-state index is 0. The molecule has 2 aromatic rings. The maximum absolute atomic E-state index is 12.4. The molecular formula is C21H26ClN3O. The molecule has 0 aromatic heterocycles. The zero-order valence-corrected chi connectivity index (χ0v) is 15.6. The smallest absolute Gasteiger partial charge is 0.255 e. The second-order valence-corrected chi connectivity index (χ2v) is 7.24. The van der Waals surface area contributed by atoms with Crippen LogP contribution in [0.4, 0.5) is 5.69 Å². The fourth-order valence-electron chi connectivity index (χ4n) is 3.35. The molecular weight excluding hydrogens is 346 g/mol. The van der Waals surface area contributed by atoms with Crippen LogP contribution in [-0.4, -0.2) is 18.5 Å². The topological polar surface area (TPSA) is 67.2 Å². The molecule has 0 radical (unpaired) electrons. The summed E-state index contributed by atoms with van der Waals surface area (Å²) in [5.74, 6) is 1.40. The second kappa shape index (κ2) is 8.21. The highest BCUT2D eigenvalue weighted by Gasteiger charge is 2.39. The van der Waals surface area contributed by atoms with Gasteiger partial charge in [-0.1, -0.05) is 30.3 Å². The van der Waals surface area contributed by atoms with Crippen molar-refractivity contribution in [1.29, 1.82) is 0 Å². The quantitative estimate of drug-likeness (QED) is 0.695. The molecule has 5 heteroatoms. The molecule has 2 aliphatic carbocycles. The van der Waals surface area contributed by atoms with Crippen molar-refractivity contribution < 1.29 is 4.79 Å². The van der Waals surface area contributed by atoms with E-state index in [9.17, 15) is 4.79 Å². The molecule has 2 saturated carbocycles. The van der Waals surface area contributed by atoms with Gasteiger partial charge < -0.3 is 16.4 Å². The van der Waals surface area contributed by atoms with E-state index in [2.05, 4.69) is 22.8 Å². The molecule has 26 heavy (non-hydrogen) atoms. The standard InChI is InChI=1S/C21H25N3O.ClH/c22-12-17-10-16(18-11-20(18)23-13-14-6-7-14)8-9-19(17)24-21(25)15-4-2-1-3-5-15;/h1-5,8-10,14,18,20,23H,6-7,11-13,22H2,(H,24,25);1H/t18-,20+;/m0./s1. The largest absolute Gasteiger partial charge is 0.326 e. The van der Waals surface area contributed by atoms with Crippen LogP contribution < -0.4 is 16.4 Å². The average molecular weight is 372 g/mol. The normalized spacial score (nSPS) is 21.0. The molecule has 2 aromatic carbocycles. The van der Waals surface area contributed by atoms with Gasteiger partial charge in [-0.2, -0.15) is 0 Å². The minimum atomic E-state index is -0.0987. The fraction of sp³-hybridized carbons (Fsp3) is 0.381. The zero-order valence-electron chi connectivity index (χ0n) is 14.8. The molecule has 2 aliphatic rings. The summed E-state index contributed by atoms with van der Waals surface area (Å²) < 4.78 is 0. The lowest BCUT2D eigenvalue weighted by molar-refractivity contribution is 0.102. The lowest BCUT2D eigenvalue weighted by Gasteiger charge is -2.12. The van der Waals surface area contributed by atoms with Gasteiger partial charge in [0.2, 0.25) is 0 Å². The lowest BCUT2D eigenvalue weighted by Crippen LogP contribution is -2.20. The number of hydrogen-bond donors (Lipinski definition) is 3. The van der Waals surface area contributed by atoms with E-state index in [0.29, 0.717) is 24.1 Å². The average Bonchev–Trinajstić information content (AvgIpc) is 3.55. The molecule has 2 fully saturated rings. The summed E-state index contributed by atoms with van der Waals surface area (Å²) in [6.45, 7) is 1.58. The van der Waals surface area contributed by atoms with Gasteiger partial charge in [0.1, 0.15) is 0 Å².